The molecule has 0 saturated heterocycles. The van der Waals surface area contributed by atoms with Crippen molar-refractivity contribution in [2.75, 3.05) is 20.0 Å². The normalized spacial score (nSPS) is 26.2. The van der Waals surface area contributed by atoms with Crippen molar-refractivity contribution >= 4 is 26.5 Å². The molecule has 1 saturated carbocycles. The standard InChI is InChI=1S/C27H50O7SSi2/c1-25(2,3)36(9,10)33-22-21(24(31-7)32-8)18-27(28,23(22)34-37(11,12)26(4,5)6)19-35(29,30)20-16-14-13-15-17-20/h13-17,21-24,28H,18-19H2,1-12H3/t21-,22+,23+,27?/m0/s1. The summed E-state index contributed by atoms with van der Waals surface area (Å²) < 4.78 is 52.4. The lowest BCUT2D eigenvalue weighted by molar-refractivity contribution is -0.157. The second kappa shape index (κ2) is 11.1. The van der Waals surface area contributed by atoms with Crippen LogP contribution >= 0.6 is 0 Å². The Morgan fingerprint density at radius 1 is 0.919 bits per heavy atom. The van der Waals surface area contributed by atoms with Gasteiger partial charge in [0.1, 0.15) is 11.7 Å². The molecule has 1 fully saturated rings. The van der Waals surface area contributed by atoms with Gasteiger partial charge in [0.2, 0.25) is 0 Å². The van der Waals surface area contributed by atoms with E-state index in [4.69, 9.17) is 18.3 Å². The van der Waals surface area contributed by atoms with E-state index < -0.39 is 62.2 Å². The number of aliphatic hydroxyl groups is 1. The summed E-state index contributed by atoms with van der Waals surface area (Å²) in [5.74, 6) is -0.896. The SMILES string of the molecule is COC(OC)[C@H]1CC(O)(CS(=O)(=O)c2ccccc2)[C@H](O[Si](C)(C)C(C)(C)C)[C@@H]1O[Si](C)(C)C(C)(C)C. The molecule has 37 heavy (non-hydrogen) atoms. The summed E-state index contributed by atoms with van der Waals surface area (Å²) in [6, 6.07) is 8.27. The minimum atomic E-state index is -3.82. The maximum absolute atomic E-state index is 13.6. The molecule has 7 nitrogen and oxygen atoms in total. The Hall–Kier alpha value is -0.596. The molecular formula is C27H50O7SSi2. The van der Waals surface area contributed by atoms with Crippen LogP contribution in [0.3, 0.4) is 0 Å². The summed E-state index contributed by atoms with van der Waals surface area (Å²) >= 11 is 0. The van der Waals surface area contributed by atoms with Gasteiger partial charge in [-0.2, -0.15) is 0 Å². The van der Waals surface area contributed by atoms with Gasteiger partial charge >= 0.3 is 0 Å². The molecule has 10 heteroatoms. The molecule has 0 heterocycles. The Morgan fingerprint density at radius 3 is 1.81 bits per heavy atom. The number of hydrogen-bond donors (Lipinski definition) is 1. The van der Waals surface area contributed by atoms with Crippen LogP contribution in [0.15, 0.2) is 35.2 Å². The third kappa shape index (κ3) is 7.14. The molecule has 0 amide bonds. The summed E-state index contributed by atoms with van der Waals surface area (Å²) in [5, 5.41) is 12.0. The van der Waals surface area contributed by atoms with Crippen molar-refractivity contribution in [3.05, 3.63) is 30.3 Å². The van der Waals surface area contributed by atoms with Crippen molar-refractivity contribution < 1.29 is 31.9 Å². The van der Waals surface area contributed by atoms with Crippen molar-refractivity contribution in [1.29, 1.82) is 0 Å². The number of ether oxygens (including phenoxy) is 2. The van der Waals surface area contributed by atoms with E-state index in [1.807, 2.05) is 0 Å². The molecule has 1 aliphatic rings. The lowest BCUT2D eigenvalue weighted by Gasteiger charge is -2.46. The first kappa shape index (κ1) is 32.6. The van der Waals surface area contributed by atoms with Crippen molar-refractivity contribution in [2.45, 2.75) is 113 Å². The topological polar surface area (TPSA) is 91.3 Å². The molecule has 0 aromatic heterocycles. The molecule has 0 radical (unpaired) electrons. The molecule has 1 aromatic rings. The number of sulfone groups is 1. The highest BCUT2D eigenvalue weighted by atomic mass is 32.2. The first-order valence-electron chi connectivity index (χ1n) is 13.0. The predicted octanol–water partition coefficient (Wildman–Crippen LogP) is 5.61. The monoisotopic (exact) mass is 574 g/mol. The van der Waals surface area contributed by atoms with Crippen molar-refractivity contribution in [3.63, 3.8) is 0 Å². The van der Waals surface area contributed by atoms with Crippen LogP contribution in [0, 0.1) is 5.92 Å². The van der Waals surface area contributed by atoms with Gasteiger partial charge in [-0.1, -0.05) is 59.7 Å². The average molecular weight is 575 g/mol. The summed E-state index contributed by atoms with van der Waals surface area (Å²) in [6.07, 6.45) is -2.03. The van der Waals surface area contributed by atoms with Crippen LogP contribution in [0.25, 0.3) is 0 Å². The average Bonchev–Trinajstić information content (AvgIpc) is 2.98. The van der Waals surface area contributed by atoms with Crippen molar-refractivity contribution in [1.82, 2.24) is 0 Å². The van der Waals surface area contributed by atoms with Gasteiger partial charge in [0.15, 0.2) is 32.8 Å². The van der Waals surface area contributed by atoms with Crippen LogP contribution in [0.5, 0.6) is 0 Å². The van der Waals surface area contributed by atoms with E-state index in [0.717, 1.165) is 0 Å². The highest BCUT2D eigenvalue weighted by Gasteiger charge is 2.61. The second-order valence-corrected chi connectivity index (χ2v) is 25.0. The van der Waals surface area contributed by atoms with Gasteiger partial charge in [0.05, 0.1) is 16.8 Å². The first-order chi connectivity index (χ1) is 16.6. The smallest absolute Gasteiger partial charge is 0.192 e. The number of hydrogen-bond acceptors (Lipinski definition) is 7. The Kier molecular flexibility index (Phi) is 9.80. The number of methoxy groups -OCH3 is 2. The van der Waals surface area contributed by atoms with Gasteiger partial charge < -0.3 is 23.4 Å². The molecule has 1 N–H and O–H groups in total. The molecule has 2 rings (SSSR count). The second-order valence-electron chi connectivity index (χ2n) is 13.5. The maximum Gasteiger partial charge on any atom is 0.192 e. The third-order valence-electron chi connectivity index (χ3n) is 8.66. The van der Waals surface area contributed by atoms with Crippen LogP contribution in [-0.2, 0) is 28.2 Å². The molecule has 214 valence electrons. The van der Waals surface area contributed by atoms with E-state index in [0.29, 0.717) is 0 Å². The number of benzene rings is 1. The summed E-state index contributed by atoms with van der Waals surface area (Å²) in [4.78, 5) is 0.176. The Bertz CT molecular complexity index is 996. The highest BCUT2D eigenvalue weighted by Crippen LogP contribution is 2.49. The fourth-order valence-electron chi connectivity index (χ4n) is 4.39. The zero-order chi connectivity index (χ0) is 28.7. The minimum Gasteiger partial charge on any atom is -0.411 e. The summed E-state index contributed by atoms with van der Waals surface area (Å²) in [6.45, 7) is 21.4. The Balaban J connectivity index is 2.69. The molecule has 0 bridgehead atoms. The molecular weight excluding hydrogens is 525 g/mol. The molecule has 1 unspecified atom stereocenters. The van der Waals surface area contributed by atoms with E-state index in [1.165, 1.54) is 0 Å². The van der Waals surface area contributed by atoms with Gasteiger partial charge in [-0.05, 0) is 54.8 Å². The van der Waals surface area contributed by atoms with Crippen molar-refractivity contribution in [3.8, 4) is 0 Å². The molecule has 1 aliphatic carbocycles. The van der Waals surface area contributed by atoms with Crippen molar-refractivity contribution in [2.24, 2.45) is 5.92 Å². The molecule has 4 atom stereocenters. The van der Waals surface area contributed by atoms with Gasteiger partial charge in [-0.15, -0.1) is 0 Å². The predicted molar refractivity (Wildman–Crippen MR) is 153 cm³/mol. The summed E-state index contributed by atoms with van der Waals surface area (Å²) in [5.41, 5.74) is -1.70. The maximum atomic E-state index is 13.6. The van der Waals surface area contributed by atoms with E-state index in [1.54, 1.807) is 44.6 Å². The van der Waals surface area contributed by atoms with Crippen LogP contribution in [0.2, 0.25) is 36.3 Å². The molecule has 0 spiro atoms. The zero-order valence-electron chi connectivity index (χ0n) is 24.9. The highest BCUT2D eigenvalue weighted by molar-refractivity contribution is 7.91. The third-order valence-corrected chi connectivity index (χ3v) is 19.5. The lowest BCUT2D eigenvalue weighted by atomic mass is 10.0. The van der Waals surface area contributed by atoms with Crippen LogP contribution in [-0.4, -0.2) is 74.2 Å². The fourth-order valence-corrected chi connectivity index (χ4v) is 8.74. The van der Waals surface area contributed by atoms with Gasteiger partial charge in [-0.3, -0.25) is 0 Å². The van der Waals surface area contributed by atoms with Crippen LogP contribution < -0.4 is 0 Å². The van der Waals surface area contributed by atoms with Gasteiger partial charge in [0, 0.05) is 20.1 Å². The van der Waals surface area contributed by atoms with E-state index >= 15 is 0 Å². The summed E-state index contributed by atoms with van der Waals surface area (Å²) in [7, 11) is -5.54. The van der Waals surface area contributed by atoms with E-state index in [-0.39, 0.29) is 21.4 Å². The zero-order valence-corrected chi connectivity index (χ0v) is 27.7. The Morgan fingerprint density at radius 2 is 1.38 bits per heavy atom. The number of rotatable bonds is 10. The van der Waals surface area contributed by atoms with Gasteiger partial charge in [-0.25, -0.2) is 8.42 Å². The molecule has 1 aromatic carbocycles. The minimum absolute atomic E-state index is 0.106. The van der Waals surface area contributed by atoms with Gasteiger partial charge in [0.25, 0.3) is 0 Å². The fraction of sp³-hybridized carbons (Fsp3) is 0.778. The Labute approximate surface area is 227 Å². The lowest BCUT2D eigenvalue weighted by Crippen LogP contribution is -2.58. The van der Waals surface area contributed by atoms with E-state index in [9.17, 15) is 13.5 Å². The van der Waals surface area contributed by atoms with Crippen LogP contribution in [0.4, 0.5) is 0 Å². The quantitative estimate of drug-likeness (QED) is 0.287. The first-order valence-corrected chi connectivity index (χ1v) is 20.5. The molecule has 0 aliphatic heterocycles. The van der Waals surface area contributed by atoms with E-state index in [2.05, 4.69) is 67.7 Å². The van der Waals surface area contributed by atoms with Crippen LogP contribution in [0.1, 0.15) is 48.0 Å². The largest absolute Gasteiger partial charge is 0.411 e.